The molecular formula is C15H29N5O. The average Bonchev–Trinajstić information content (AvgIpc) is 2.70. The average molecular weight is 295 g/mol. The molecule has 0 bridgehead atoms. The van der Waals surface area contributed by atoms with Crippen molar-refractivity contribution < 1.29 is 4.79 Å². The summed E-state index contributed by atoms with van der Waals surface area (Å²) in [5.41, 5.74) is 2.41. The smallest absolute Gasteiger partial charge is 0.216 e. The summed E-state index contributed by atoms with van der Waals surface area (Å²) in [7, 11) is 6.07. The molecule has 1 heterocycles. The van der Waals surface area contributed by atoms with E-state index in [0.717, 1.165) is 31.0 Å². The van der Waals surface area contributed by atoms with Crippen molar-refractivity contribution in [2.75, 3.05) is 32.1 Å². The first kappa shape index (κ1) is 17.5. The third kappa shape index (κ3) is 5.04. The van der Waals surface area contributed by atoms with Crippen LogP contribution in [0.15, 0.2) is 0 Å². The van der Waals surface area contributed by atoms with Gasteiger partial charge in [-0.1, -0.05) is 13.8 Å². The van der Waals surface area contributed by atoms with E-state index in [-0.39, 0.29) is 5.91 Å². The van der Waals surface area contributed by atoms with Crippen LogP contribution in [0.3, 0.4) is 0 Å². The van der Waals surface area contributed by atoms with Gasteiger partial charge in [-0.05, 0) is 18.9 Å². The van der Waals surface area contributed by atoms with Crippen molar-refractivity contribution in [1.82, 2.24) is 20.4 Å². The second-order valence-electron chi connectivity index (χ2n) is 5.87. The highest BCUT2D eigenvalue weighted by molar-refractivity contribution is 5.72. The summed E-state index contributed by atoms with van der Waals surface area (Å²) in [6.45, 7) is 8.27. The monoisotopic (exact) mass is 295 g/mol. The topological polar surface area (TPSA) is 62.2 Å². The zero-order valence-electron chi connectivity index (χ0n) is 14.2. The van der Waals surface area contributed by atoms with Gasteiger partial charge in [-0.25, -0.2) is 0 Å². The van der Waals surface area contributed by atoms with Crippen LogP contribution in [0.25, 0.3) is 0 Å². The predicted molar refractivity (Wildman–Crippen MR) is 86.6 cm³/mol. The lowest BCUT2D eigenvalue weighted by Gasteiger charge is -2.16. The molecule has 0 aromatic carbocycles. The Morgan fingerprint density at radius 2 is 2.00 bits per heavy atom. The van der Waals surface area contributed by atoms with Gasteiger partial charge in [-0.15, -0.1) is 0 Å². The van der Waals surface area contributed by atoms with Crippen LogP contribution in [0.5, 0.6) is 0 Å². The van der Waals surface area contributed by atoms with Gasteiger partial charge in [-0.3, -0.25) is 9.48 Å². The number of amides is 1. The predicted octanol–water partition coefficient (Wildman–Crippen LogP) is 1.23. The summed E-state index contributed by atoms with van der Waals surface area (Å²) >= 11 is 0. The maximum absolute atomic E-state index is 10.8. The Labute approximate surface area is 127 Å². The molecule has 1 aromatic heterocycles. The second-order valence-corrected chi connectivity index (χ2v) is 5.87. The molecule has 0 aliphatic carbocycles. The zero-order chi connectivity index (χ0) is 16.0. The Balaban J connectivity index is 2.62. The first-order valence-corrected chi connectivity index (χ1v) is 7.52. The van der Waals surface area contributed by atoms with Crippen LogP contribution in [-0.2, 0) is 18.4 Å². The van der Waals surface area contributed by atoms with E-state index in [1.54, 1.807) is 6.92 Å². The number of hydrogen-bond donors (Lipinski definition) is 2. The summed E-state index contributed by atoms with van der Waals surface area (Å²) in [4.78, 5) is 12.9. The van der Waals surface area contributed by atoms with Gasteiger partial charge in [0.25, 0.3) is 0 Å². The van der Waals surface area contributed by atoms with Crippen molar-refractivity contribution in [2.45, 2.75) is 39.7 Å². The Kier molecular flexibility index (Phi) is 6.68. The van der Waals surface area contributed by atoms with Crippen LogP contribution in [0.1, 0.15) is 44.4 Å². The molecule has 0 unspecified atom stereocenters. The molecule has 120 valence electrons. The van der Waals surface area contributed by atoms with Gasteiger partial charge in [-0.2, -0.15) is 5.10 Å². The van der Waals surface area contributed by atoms with E-state index < -0.39 is 0 Å². The van der Waals surface area contributed by atoms with Gasteiger partial charge in [0.2, 0.25) is 5.91 Å². The number of carbonyl (C=O) groups excluding carboxylic acids is 1. The number of nitrogens with one attached hydrogen (secondary N) is 2. The first-order valence-electron chi connectivity index (χ1n) is 7.52. The molecule has 1 aromatic rings. The highest BCUT2D eigenvalue weighted by Gasteiger charge is 2.19. The molecular weight excluding hydrogens is 266 g/mol. The van der Waals surface area contributed by atoms with Gasteiger partial charge < -0.3 is 15.5 Å². The molecule has 6 nitrogen and oxygen atoms in total. The summed E-state index contributed by atoms with van der Waals surface area (Å²) < 4.78 is 1.95. The highest BCUT2D eigenvalue weighted by Crippen LogP contribution is 2.26. The lowest BCUT2D eigenvalue weighted by Crippen LogP contribution is -2.25. The number of anilines is 1. The van der Waals surface area contributed by atoms with Crippen molar-refractivity contribution in [1.29, 1.82) is 0 Å². The normalized spacial score (nSPS) is 11.0. The highest BCUT2D eigenvalue weighted by atomic mass is 16.1. The van der Waals surface area contributed by atoms with Crippen LogP contribution in [-0.4, -0.2) is 42.9 Å². The van der Waals surface area contributed by atoms with E-state index in [9.17, 15) is 4.79 Å². The summed E-state index contributed by atoms with van der Waals surface area (Å²) in [6, 6.07) is 0. The van der Waals surface area contributed by atoms with Gasteiger partial charge in [0.05, 0.1) is 5.69 Å². The van der Waals surface area contributed by atoms with Crippen molar-refractivity contribution in [3.63, 3.8) is 0 Å². The molecule has 0 radical (unpaired) electrons. The number of carbonyl (C=O) groups is 1. The minimum absolute atomic E-state index is 0.0271. The van der Waals surface area contributed by atoms with Gasteiger partial charge in [0, 0.05) is 46.7 Å². The number of rotatable bonds is 8. The Morgan fingerprint density at radius 1 is 1.33 bits per heavy atom. The molecule has 6 heteroatoms. The number of aromatic nitrogens is 2. The maximum atomic E-state index is 10.8. The molecule has 1 rings (SSSR count). The molecule has 0 aliphatic rings. The molecule has 2 N–H and O–H groups in total. The van der Waals surface area contributed by atoms with Crippen molar-refractivity contribution in [3.05, 3.63) is 11.3 Å². The summed E-state index contributed by atoms with van der Waals surface area (Å²) in [5.74, 6) is 1.58. The minimum Gasteiger partial charge on any atom is -0.363 e. The SMILES string of the molecule is CC(=O)NCCCNCc1c(C(C)C)nn(C)c1N(C)C. The van der Waals surface area contributed by atoms with E-state index in [4.69, 9.17) is 0 Å². The Morgan fingerprint density at radius 3 is 2.52 bits per heavy atom. The number of aryl methyl sites for hydroxylation is 1. The molecule has 0 atom stereocenters. The molecule has 21 heavy (non-hydrogen) atoms. The van der Waals surface area contributed by atoms with Crippen LogP contribution in [0, 0.1) is 0 Å². The quantitative estimate of drug-likeness (QED) is 0.708. The molecule has 0 spiro atoms. The lowest BCUT2D eigenvalue weighted by atomic mass is 10.1. The van der Waals surface area contributed by atoms with E-state index in [1.807, 2.05) is 25.8 Å². The van der Waals surface area contributed by atoms with Gasteiger partial charge >= 0.3 is 0 Å². The standard InChI is InChI=1S/C15H29N5O/c1-11(2)14-13(15(19(4)5)20(6)18-14)10-16-8-7-9-17-12(3)21/h11,16H,7-10H2,1-6H3,(H,17,21). The van der Waals surface area contributed by atoms with Crippen LogP contribution in [0.4, 0.5) is 5.82 Å². The fourth-order valence-corrected chi connectivity index (χ4v) is 2.46. The molecule has 0 saturated carbocycles. The first-order chi connectivity index (χ1) is 9.84. The fraction of sp³-hybridized carbons (Fsp3) is 0.733. The van der Waals surface area contributed by atoms with Gasteiger partial charge in [0.15, 0.2) is 0 Å². The molecule has 0 aliphatic heterocycles. The van der Waals surface area contributed by atoms with E-state index in [1.165, 1.54) is 5.56 Å². The van der Waals surface area contributed by atoms with Crippen molar-refractivity contribution in [2.24, 2.45) is 7.05 Å². The minimum atomic E-state index is 0.0271. The summed E-state index contributed by atoms with van der Waals surface area (Å²) in [6.07, 6.45) is 0.925. The van der Waals surface area contributed by atoms with Crippen molar-refractivity contribution in [3.8, 4) is 0 Å². The second kappa shape index (κ2) is 8.02. The largest absolute Gasteiger partial charge is 0.363 e. The van der Waals surface area contributed by atoms with Crippen LogP contribution in [0.2, 0.25) is 0 Å². The van der Waals surface area contributed by atoms with Crippen LogP contribution >= 0.6 is 0 Å². The number of hydrogen-bond acceptors (Lipinski definition) is 4. The molecule has 0 saturated heterocycles. The zero-order valence-corrected chi connectivity index (χ0v) is 14.2. The summed E-state index contributed by atoms with van der Waals surface area (Å²) in [5, 5.41) is 10.9. The third-order valence-electron chi connectivity index (χ3n) is 3.32. The lowest BCUT2D eigenvalue weighted by molar-refractivity contribution is -0.118. The van der Waals surface area contributed by atoms with E-state index >= 15 is 0 Å². The van der Waals surface area contributed by atoms with Gasteiger partial charge in [0.1, 0.15) is 5.82 Å². The Bertz CT molecular complexity index is 465. The molecule has 1 amide bonds. The fourth-order valence-electron chi connectivity index (χ4n) is 2.46. The molecule has 0 fully saturated rings. The third-order valence-corrected chi connectivity index (χ3v) is 3.32. The van der Waals surface area contributed by atoms with E-state index in [0.29, 0.717) is 12.5 Å². The van der Waals surface area contributed by atoms with E-state index in [2.05, 4.69) is 34.5 Å². The van der Waals surface area contributed by atoms with Crippen LogP contribution < -0.4 is 15.5 Å². The maximum Gasteiger partial charge on any atom is 0.216 e. The number of nitrogens with zero attached hydrogens (tertiary/aromatic N) is 3. The Hall–Kier alpha value is -1.56. The van der Waals surface area contributed by atoms with Crippen molar-refractivity contribution >= 4 is 11.7 Å².